The van der Waals surface area contributed by atoms with Gasteiger partial charge in [-0.15, -0.1) is 11.8 Å². The minimum Gasteiger partial charge on any atom is -0.478 e. The van der Waals surface area contributed by atoms with E-state index in [1.807, 2.05) is 32.0 Å². The lowest BCUT2D eigenvalue weighted by atomic mass is 10.1. The van der Waals surface area contributed by atoms with Crippen LogP contribution in [0.4, 0.5) is 5.69 Å². The monoisotopic (exact) mass is 267 g/mol. The SMILES string of the molecule is CCSc1cccc(N(CC)C(C)C)c1C(=O)O. The van der Waals surface area contributed by atoms with E-state index in [4.69, 9.17) is 0 Å². The molecule has 1 rings (SSSR count). The normalized spacial score (nSPS) is 10.7. The first-order chi connectivity index (χ1) is 8.52. The van der Waals surface area contributed by atoms with Gasteiger partial charge in [0.15, 0.2) is 0 Å². The zero-order valence-electron chi connectivity index (χ0n) is 11.4. The van der Waals surface area contributed by atoms with E-state index in [0.29, 0.717) is 5.56 Å². The summed E-state index contributed by atoms with van der Waals surface area (Å²) in [6, 6.07) is 6.00. The Morgan fingerprint density at radius 2 is 2.06 bits per heavy atom. The fraction of sp³-hybridized carbons (Fsp3) is 0.500. The molecule has 0 bridgehead atoms. The Morgan fingerprint density at radius 1 is 1.39 bits per heavy atom. The van der Waals surface area contributed by atoms with Crippen molar-refractivity contribution in [2.45, 2.75) is 38.6 Å². The zero-order chi connectivity index (χ0) is 13.7. The van der Waals surface area contributed by atoms with Gasteiger partial charge in [0.25, 0.3) is 0 Å². The Hall–Kier alpha value is -1.16. The van der Waals surface area contributed by atoms with E-state index < -0.39 is 5.97 Å². The van der Waals surface area contributed by atoms with Gasteiger partial charge >= 0.3 is 5.97 Å². The van der Waals surface area contributed by atoms with Crippen LogP contribution in [0.5, 0.6) is 0 Å². The van der Waals surface area contributed by atoms with Crippen LogP contribution in [0.15, 0.2) is 23.1 Å². The minimum absolute atomic E-state index is 0.287. The topological polar surface area (TPSA) is 40.5 Å². The van der Waals surface area contributed by atoms with Crippen LogP contribution in [0.2, 0.25) is 0 Å². The summed E-state index contributed by atoms with van der Waals surface area (Å²) < 4.78 is 0. The smallest absolute Gasteiger partial charge is 0.338 e. The molecule has 18 heavy (non-hydrogen) atoms. The van der Waals surface area contributed by atoms with Crippen molar-refractivity contribution in [2.75, 3.05) is 17.2 Å². The average molecular weight is 267 g/mol. The molecule has 0 heterocycles. The standard InChI is InChI=1S/C14H21NO2S/c1-5-15(10(3)4)11-8-7-9-12(18-6-2)13(11)14(16)17/h7-10H,5-6H2,1-4H3,(H,16,17). The zero-order valence-corrected chi connectivity index (χ0v) is 12.3. The quantitative estimate of drug-likeness (QED) is 0.797. The fourth-order valence-corrected chi connectivity index (χ4v) is 2.89. The van der Waals surface area contributed by atoms with Crippen molar-refractivity contribution in [3.8, 4) is 0 Å². The second-order valence-corrected chi connectivity index (χ2v) is 5.57. The van der Waals surface area contributed by atoms with Gasteiger partial charge in [0, 0.05) is 17.5 Å². The van der Waals surface area contributed by atoms with Crippen LogP contribution in [0.1, 0.15) is 38.1 Å². The highest BCUT2D eigenvalue weighted by molar-refractivity contribution is 7.99. The van der Waals surface area contributed by atoms with Crippen molar-refractivity contribution < 1.29 is 9.90 Å². The van der Waals surface area contributed by atoms with Gasteiger partial charge in [0.05, 0.1) is 11.3 Å². The van der Waals surface area contributed by atoms with Gasteiger partial charge in [-0.2, -0.15) is 0 Å². The molecular weight excluding hydrogens is 246 g/mol. The molecule has 0 aliphatic rings. The molecule has 0 spiro atoms. The lowest BCUT2D eigenvalue weighted by molar-refractivity contribution is 0.0694. The van der Waals surface area contributed by atoms with Crippen molar-refractivity contribution in [1.82, 2.24) is 0 Å². The first-order valence-corrected chi connectivity index (χ1v) is 7.27. The molecule has 0 atom stereocenters. The van der Waals surface area contributed by atoms with Gasteiger partial charge in [-0.25, -0.2) is 4.79 Å². The first-order valence-electron chi connectivity index (χ1n) is 6.28. The Labute approximate surface area is 113 Å². The van der Waals surface area contributed by atoms with Crippen LogP contribution < -0.4 is 4.90 Å². The summed E-state index contributed by atoms with van der Waals surface area (Å²) in [4.78, 5) is 14.5. The Bertz CT molecular complexity index is 418. The molecule has 0 aromatic heterocycles. The summed E-state index contributed by atoms with van der Waals surface area (Å²) in [5.41, 5.74) is 1.25. The van der Waals surface area contributed by atoms with Gasteiger partial charge in [-0.3, -0.25) is 0 Å². The largest absolute Gasteiger partial charge is 0.478 e. The third kappa shape index (κ3) is 3.19. The predicted octanol–water partition coefficient (Wildman–Crippen LogP) is 3.73. The summed E-state index contributed by atoms with van der Waals surface area (Å²) >= 11 is 1.58. The maximum absolute atomic E-state index is 11.5. The van der Waals surface area contributed by atoms with Crippen LogP contribution in [-0.2, 0) is 0 Å². The first kappa shape index (κ1) is 14.9. The predicted molar refractivity (Wildman–Crippen MR) is 78.0 cm³/mol. The van der Waals surface area contributed by atoms with E-state index in [2.05, 4.69) is 18.7 Å². The number of carbonyl (C=O) groups is 1. The number of hydrogen-bond acceptors (Lipinski definition) is 3. The van der Waals surface area contributed by atoms with Gasteiger partial charge < -0.3 is 10.0 Å². The number of aromatic carboxylic acids is 1. The Morgan fingerprint density at radius 3 is 2.50 bits per heavy atom. The molecule has 3 nitrogen and oxygen atoms in total. The third-order valence-corrected chi connectivity index (χ3v) is 3.73. The molecule has 4 heteroatoms. The number of hydrogen-bond donors (Lipinski definition) is 1. The third-order valence-electron chi connectivity index (χ3n) is 2.79. The summed E-state index contributed by atoms with van der Waals surface area (Å²) in [6.07, 6.45) is 0. The minimum atomic E-state index is -0.847. The highest BCUT2D eigenvalue weighted by Gasteiger charge is 2.20. The molecule has 0 saturated heterocycles. The number of benzene rings is 1. The van der Waals surface area contributed by atoms with Crippen molar-refractivity contribution in [1.29, 1.82) is 0 Å². The number of carboxylic acids is 1. The van der Waals surface area contributed by atoms with Crippen LogP contribution in [0.3, 0.4) is 0 Å². The van der Waals surface area contributed by atoms with E-state index in [0.717, 1.165) is 22.9 Å². The number of rotatable bonds is 6. The van der Waals surface area contributed by atoms with Crippen molar-refractivity contribution in [2.24, 2.45) is 0 Å². The lowest BCUT2D eigenvalue weighted by Gasteiger charge is -2.29. The number of nitrogens with zero attached hydrogens (tertiary/aromatic N) is 1. The molecule has 0 amide bonds. The van der Waals surface area contributed by atoms with Crippen LogP contribution in [0, 0.1) is 0 Å². The summed E-state index contributed by atoms with van der Waals surface area (Å²) in [7, 11) is 0. The van der Waals surface area contributed by atoms with E-state index in [1.165, 1.54) is 0 Å². The molecular formula is C14H21NO2S. The second-order valence-electron chi connectivity index (χ2n) is 4.27. The highest BCUT2D eigenvalue weighted by atomic mass is 32.2. The number of anilines is 1. The number of carboxylic acid groups (broad SMARTS) is 1. The number of thioether (sulfide) groups is 1. The highest BCUT2D eigenvalue weighted by Crippen LogP contribution is 2.31. The summed E-state index contributed by atoms with van der Waals surface area (Å²) in [6.45, 7) is 9.04. The molecule has 0 aliphatic heterocycles. The molecule has 100 valence electrons. The van der Waals surface area contributed by atoms with Crippen LogP contribution in [-0.4, -0.2) is 29.4 Å². The van der Waals surface area contributed by atoms with Gasteiger partial charge in [0.2, 0.25) is 0 Å². The van der Waals surface area contributed by atoms with Crippen molar-refractivity contribution in [3.63, 3.8) is 0 Å². The van der Waals surface area contributed by atoms with Crippen LogP contribution >= 0.6 is 11.8 Å². The average Bonchev–Trinajstić information content (AvgIpc) is 2.29. The van der Waals surface area contributed by atoms with Crippen LogP contribution in [0.25, 0.3) is 0 Å². The van der Waals surface area contributed by atoms with Gasteiger partial charge in [-0.1, -0.05) is 13.0 Å². The van der Waals surface area contributed by atoms with E-state index in [9.17, 15) is 9.90 Å². The molecule has 1 aromatic carbocycles. The van der Waals surface area contributed by atoms with Crippen molar-refractivity contribution in [3.05, 3.63) is 23.8 Å². The molecule has 1 aromatic rings. The summed E-state index contributed by atoms with van der Waals surface area (Å²) in [5.74, 6) is 0.0259. The lowest BCUT2D eigenvalue weighted by Crippen LogP contribution is -2.31. The molecule has 0 unspecified atom stereocenters. The maximum Gasteiger partial charge on any atom is 0.338 e. The van der Waals surface area contributed by atoms with Gasteiger partial charge in [-0.05, 0) is 38.7 Å². The van der Waals surface area contributed by atoms with Crippen molar-refractivity contribution >= 4 is 23.4 Å². The van der Waals surface area contributed by atoms with Gasteiger partial charge in [0.1, 0.15) is 0 Å². The fourth-order valence-electron chi connectivity index (χ4n) is 2.06. The molecule has 0 saturated carbocycles. The van der Waals surface area contributed by atoms with E-state index in [1.54, 1.807) is 11.8 Å². The molecule has 0 fully saturated rings. The summed E-state index contributed by atoms with van der Waals surface area (Å²) in [5, 5.41) is 9.46. The molecule has 1 N–H and O–H groups in total. The van der Waals surface area contributed by atoms with E-state index >= 15 is 0 Å². The Balaban J connectivity index is 3.33. The Kier molecular flexibility index (Phi) is 5.54. The second kappa shape index (κ2) is 6.69. The molecule has 0 aliphatic carbocycles. The van der Waals surface area contributed by atoms with E-state index in [-0.39, 0.29) is 6.04 Å². The maximum atomic E-state index is 11.5. The molecule has 0 radical (unpaired) electrons.